The third-order valence-electron chi connectivity index (χ3n) is 4.46. The summed E-state index contributed by atoms with van der Waals surface area (Å²) < 4.78 is 0. The summed E-state index contributed by atoms with van der Waals surface area (Å²) in [5, 5.41) is 11.0. The Labute approximate surface area is 99.3 Å². The van der Waals surface area contributed by atoms with Crippen LogP contribution in [0, 0.1) is 17.8 Å². The first-order valence-corrected chi connectivity index (χ1v) is 6.51. The van der Waals surface area contributed by atoms with E-state index in [1.54, 1.807) is 0 Å². The molecule has 0 fully saturated rings. The minimum atomic E-state index is -0.550. The van der Waals surface area contributed by atoms with E-state index >= 15 is 0 Å². The molecule has 2 aliphatic rings. The number of hydrogen-bond acceptors (Lipinski definition) is 1. The lowest BCUT2D eigenvalue weighted by molar-refractivity contribution is -0.0214. The van der Waals surface area contributed by atoms with Crippen molar-refractivity contribution in [1.82, 2.24) is 0 Å². The standard InChI is InChI=1S/C15H24O/c1-10(2)9-15(16)12(4)6-7-13-11(3)5-8-14(13)15/h5-6,10,13-14,16H,7-9H2,1-4H3/t13-,14+,15-/m0/s1. The van der Waals surface area contributed by atoms with Crippen molar-refractivity contribution < 1.29 is 5.11 Å². The van der Waals surface area contributed by atoms with Gasteiger partial charge in [0.1, 0.15) is 0 Å². The van der Waals surface area contributed by atoms with E-state index in [0.717, 1.165) is 19.3 Å². The molecule has 0 aromatic heterocycles. The quantitative estimate of drug-likeness (QED) is 0.704. The highest BCUT2D eigenvalue weighted by molar-refractivity contribution is 5.29. The van der Waals surface area contributed by atoms with Gasteiger partial charge in [0.15, 0.2) is 0 Å². The van der Waals surface area contributed by atoms with Crippen LogP contribution in [-0.4, -0.2) is 10.7 Å². The van der Waals surface area contributed by atoms with Crippen molar-refractivity contribution in [2.75, 3.05) is 0 Å². The molecule has 90 valence electrons. The van der Waals surface area contributed by atoms with E-state index < -0.39 is 5.60 Å². The molecule has 0 saturated heterocycles. The van der Waals surface area contributed by atoms with E-state index in [4.69, 9.17) is 0 Å². The Hall–Kier alpha value is -0.560. The second kappa shape index (κ2) is 4.03. The van der Waals surface area contributed by atoms with Gasteiger partial charge in [-0.2, -0.15) is 0 Å². The van der Waals surface area contributed by atoms with Crippen LogP contribution in [0.2, 0.25) is 0 Å². The highest BCUT2D eigenvalue weighted by atomic mass is 16.3. The monoisotopic (exact) mass is 220 g/mol. The minimum Gasteiger partial charge on any atom is -0.385 e. The van der Waals surface area contributed by atoms with Crippen LogP contribution < -0.4 is 0 Å². The molecule has 1 nitrogen and oxygen atoms in total. The van der Waals surface area contributed by atoms with Crippen molar-refractivity contribution in [3.8, 4) is 0 Å². The molecule has 16 heavy (non-hydrogen) atoms. The zero-order valence-electron chi connectivity index (χ0n) is 11.0. The fourth-order valence-electron chi connectivity index (χ4n) is 3.53. The van der Waals surface area contributed by atoms with Crippen molar-refractivity contribution in [3.05, 3.63) is 23.3 Å². The smallest absolute Gasteiger partial charge is 0.0893 e. The normalized spacial score (nSPS) is 38.4. The van der Waals surface area contributed by atoms with Crippen molar-refractivity contribution >= 4 is 0 Å². The molecule has 0 aliphatic heterocycles. The van der Waals surface area contributed by atoms with Gasteiger partial charge in [0.25, 0.3) is 0 Å². The van der Waals surface area contributed by atoms with E-state index in [9.17, 15) is 5.11 Å². The molecule has 0 aromatic rings. The summed E-state index contributed by atoms with van der Waals surface area (Å²) in [6.45, 7) is 8.72. The average molecular weight is 220 g/mol. The molecule has 0 radical (unpaired) electrons. The van der Waals surface area contributed by atoms with Gasteiger partial charge in [-0.15, -0.1) is 0 Å². The number of aliphatic hydroxyl groups is 1. The fourth-order valence-corrected chi connectivity index (χ4v) is 3.53. The third-order valence-corrected chi connectivity index (χ3v) is 4.46. The molecule has 0 saturated carbocycles. The molecule has 0 unspecified atom stereocenters. The lowest BCUT2D eigenvalue weighted by Crippen LogP contribution is -2.45. The van der Waals surface area contributed by atoms with Gasteiger partial charge in [-0.1, -0.05) is 31.6 Å². The zero-order valence-corrected chi connectivity index (χ0v) is 11.0. The molecular weight excluding hydrogens is 196 g/mol. The molecule has 2 rings (SSSR count). The van der Waals surface area contributed by atoms with Gasteiger partial charge in [0.05, 0.1) is 5.60 Å². The maximum Gasteiger partial charge on any atom is 0.0893 e. The lowest BCUT2D eigenvalue weighted by Gasteiger charge is -2.43. The summed E-state index contributed by atoms with van der Waals surface area (Å²) in [5.74, 6) is 1.57. The second-order valence-corrected chi connectivity index (χ2v) is 6.04. The van der Waals surface area contributed by atoms with Crippen molar-refractivity contribution in [3.63, 3.8) is 0 Å². The largest absolute Gasteiger partial charge is 0.385 e. The minimum absolute atomic E-state index is 0.430. The Morgan fingerprint density at radius 3 is 2.62 bits per heavy atom. The predicted octanol–water partition coefficient (Wildman–Crippen LogP) is 3.70. The van der Waals surface area contributed by atoms with Gasteiger partial charge < -0.3 is 5.11 Å². The Balaban J connectivity index is 2.29. The molecule has 0 bridgehead atoms. The fraction of sp³-hybridized carbons (Fsp3) is 0.733. The van der Waals surface area contributed by atoms with Crippen molar-refractivity contribution in [2.24, 2.45) is 17.8 Å². The first-order valence-electron chi connectivity index (χ1n) is 6.51. The molecule has 3 atom stereocenters. The van der Waals surface area contributed by atoms with E-state index in [1.165, 1.54) is 11.1 Å². The first kappa shape index (κ1) is 11.9. The second-order valence-electron chi connectivity index (χ2n) is 6.04. The van der Waals surface area contributed by atoms with Crippen molar-refractivity contribution in [1.29, 1.82) is 0 Å². The van der Waals surface area contributed by atoms with Crippen LogP contribution in [0.25, 0.3) is 0 Å². The zero-order chi connectivity index (χ0) is 11.9. The molecular formula is C15H24O. The van der Waals surface area contributed by atoms with E-state index in [-0.39, 0.29) is 0 Å². The van der Waals surface area contributed by atoms with Gasteiger partial charge >= 0.3 is 0 Å². The number of rotatable bonds is 2. The summed E-state index contributed by atoms with van der Waals surface area (Å²) in [6, 6.07) is 0. The Morgan fingerprint density at radius 2 is 2.00 bits per heavy atom. The Morgan fingerprint density at radius 1 is 1.31 bits per heavy atom. The highest BCUT2D eigenvalue weighted by Crippen LogP contribution is 2.49. The van der Waals surface area contributed by atoms with Gasteiger partial charge in [-0.3, -0.25) is 0 Å². The van der Waals surface area contributed by atoms with Crippen LogP contribution in [0.15, 0.2) is 23.3 Å². The van der Waals surface area contributed by atoms with Crippen LogP contribution in [0.4, 0.5) is 0 Å². The summed E-state index contributed by atoms with van der Waals surface area (Å²) in [4.78, 5) is 0. The first-order chi connectivity index (χ1) is 7.45. The Kier molecular flexibility index (Phi) is 3.00. The third kappa shape index (κ3) is 1.75. The van der Waals surface area contributed by atoms with Crippen LogP contribution in [0.1, 0.15) is 47.0 Å². The molecule has 0 spiro atoms. The van der Waals surface area contributed by atoms with Gasteiger partial charge in [-0.25, -0.2) is 0 Å². The van der Waals surface area contributed by atoms with Crippen LogP contribution in [0.3, 0.4) is 0 Å². The maximum atomic E-state index is 11.0. The van der Waals surface area contributed by atoms with Gasteiger partial charge in [0, 0.05) is 5.92 Å². The molecule has 2 aliphatic carbocycles. The number of hydrogen-bond donors (Lipinski definition) is 1. The molecule has 0 aromatic carbocycles. The summed E-state index contributed by atoms with van der Waals surface area (Å²) in [6.07, 6.45) is 7.67. The van der Waals surface area contributed by atoms with Crippen molar-refractivity contribution in [2.45, 2.75) is 52.6 Å². The number of allylic oxidation sites excluding steroid dienone is 3. The molecule has 0 amide bonds. The van der Waals surface area contributed by atoms with Gasteiger partial charge in [0.2, 0.25) is 0 Å². The molecule has 1 N–H and O–H groups in total. The average Bonchev–Trinajstić information content (AvgIpc) is 2.54. The SMILES string of the molecule is CC1=CC[C@@H]2[C@H]1CC=C(C)[C@@]2(O)CC(C)C. The van der Waals surface area contributed by atoms with Gasteiger partial charge in [-0.05, 0) is 50.5 Å². The summed E-state index contributed by atoms with van der Waals surface area (Å²) in [7, 11) is 0. The molecule has 1 heteroatoms. The molecule has 0 heterocycles. The van der Waals surface area contributed by atoms with E-state index in [1.807, 2.05) is 0 Å². The summed E-state index contributed by atoms with van der Waals surface area (Å²) in [5.41, 5.74) is 2.13. The van der Waals surface area contributed by atoms with Crippen LogP contribution in [-0.2, 0) is 0 Å². The van der Waals surface area contributed by atoms with Crippen LogP contribution in [0.5, 0.6) is 0 Å². The van der Waals surface area contributed by atoms with E-state index in [2.05, 4.69) is 39.8 Å². The van der Waals surface area contributed by atoms with Crippen LogP contribution >= 0.6 is 0 Å². The number of fused-ring (bicyclic) bond motifs is 1. The lowest BCUT2D eigenvalue weighted by atomic mass is 9.66. The Bertz CT molecular complexity index is 337. The van der Waals surface area contributed by atoms with E-state index in [0.29, 0.717) is 17.8 Å². The summed E-state index contributed by atoms with van der Waals surface area (Å²) >= 11 is 0. The highest BCUT2D eigenvalue weighted by Gasteiger charge is 2.46. The topological polar surface area (TPSA) is 20.2 Å². The maximum absolute atomic E-state index is 11.0. The predicted molar refractivity (Wildman–Crippen MR) is 68.1 cm³/mol.